The van der Waals surface area contributed by atoms with Crippen LogP contribution in [0.25, 0.3) is 0 Å². The number of nitrogens with one attached hydrogen (secondary N) is 1. The van der Waals surface area contributed by atoms with Crippen LogP contribution in [-0.2, 0) is 16.0 Å². The zero-order valence-electron chi connectivity index (χ0n) is 13.0. The molecule has 122 valence electrons. The van der Waals surface area contributed by atoms with Crippen LogP contribution in [0.3, 0.4) is 0 Å². The van der Waals surface area contributed by atoms with Crippen molar-refractivity contribution in [1.29, 1.82) is 0 Å². The Morgan fingerprint density at radius 3 is 2.83 bits per heavy atom. The number of rotatable bonds is 7. The molecule has 23 heavy (non-hydrogen) atoms. The molecule has 0 aliphatic heterocycles. The number of esters is 1. The van der Waals surface area contributed by atoms with Gasteiger partial charge in [0.1, 0.15) is 5.75 Å². The van der Waals surface area contributed by atoms with Crippen molar-refractivity contribution in [2.24, 2.45) is 0 Å². The second-order valence-corrected chi connectivity index (χ2v) is 5.48. The summed E-state index contributed by atoms with van der Waals surface area (Å²) >= 11 is 1.19. The first-order chi connectivity index (χ1) is 11.1. The largest absolute Gasteiger partial charge is 0.496 e. The van der Waals surface area contributed by atoms with Gasteiger partial charge in [-0.05, 0) is 25.0 Å². The predicted molar refractivity (Wildman–Crippen MR) is 88.0 cm³/mol. The van der Waals surface area contributed by atoms with Gasteiger partial charge in [-0.1, -0.05) is 18.2 Å². The standard InChI is InChI=1S/C16H18N2O4S/c1-3-22-15(20)12-10-23-16(17-12)18-14(19)9-8-11-6-4-5-7-13(11)21-2/h4-7,10H,3,8-9H2,1-2H3,(H,17,18,19). The molecule has 0 spiro atoms. The Kier molecular flexibility index (Phi) is 6.10. The molecule has 1 aromatic carbocycles. The minimum atomic E-state index is -0.488. The van der Waals surface area contributed by atoms with Gasteiger partial charge in [0, 0.05) is 11.8 Å². The van der Waals surface area contributed by atoms with Crippen molar-refractivity contribution < 1.29 is 19.1 Å². The van der Waals surface area contributed by atoms with Crippen LogP contribution in [0.15, 0.2) is 29.6 Å². The lowest BCUT2D eigenvalue weighted by atomic mass is 10.1. The van der Waals surface area contributed by atoms with Gasteiger partial charge in [0.2, 0.25) is 5.91 Å². The Morgan fingerprint density at radius 1 is 1.30 bits per heavy atom. The maximum Gasteiger partial charge on any atom is 0.357 e. The summed E-state index contributed by atoms with van der Waals surface area (Å²) in [4.78, 5) is 27.6. The van der Waals surface area contributed by atoms with Gasteiger partial charge in [-0.3, -0.25) is 4.79 Å². The summed E-state index contributed by atoms with van der Waals surface area (Å²) in [5, 5.41) is 4.64. The third-order valence-corrected chi connectivity index (χ3v) is 3.81. The molecule has 0 bridgehead atoms. The summed E-state index contributed by atoms with van der Waals surface area (Å²) in [5.41, 5.74) is 1.17. The number of methoxy groups -OCH3 is 1. The van der Waals surface area contributed by atoms with Gasteiger partial charge in [0.15, 0.2) is 10.8 Å². The number of aryl methyl sites for hydroxylation is 1. The Hall–Kier alpha value is -2.41. The summed E-state index contributed by atoms with van der Waals surface area (Å²) in [6, 6.07) is 7.57. The van der Waals surface area contributed by atoms with E-state index in [0.717, 1.165) is 11.3 Å². The first kappa shape index (κ1) is 17.0. The molecule has 0 fully saturated rings. The van der Waals surface area contributed by atoms with Crippen LogP contribution in [0.5, 0.6) is 5.75 Å². The van der Waals surface area contributed by atoms with Gasteiger partial charge in [-0.25, -0.2) is 9.78 Å². The maximum atomic E-state index is 12.0. The number of anilines is 1. The van der Waals surface area contributed by atoms with Crippen LogP contribution in [-0.4, -0.2) is 30.6 Å². The Labute approximate surface area is 138 Å². The minimum absolute atomic E-state index is 0.166. The summed E-state index contributed by atoms with van der Waals surface area (Å²) in [6.07, 6.45) is 0.862. The molecule has 1 amide bonds. The molecule has 0 aliphatic carbocycles. The van der Waals surface area contributed by atoms with Crippen LogP contribution in [0, 0.1) is 0 Å². The molecular weight excluding hydrogens is 316 g/mol. The second kappa shape index (κ2) is 8.28. The monoisotopic (exact) mass is 334 g/mol. The van der Waals surface area contributed by atoms with E-state index in [1.165, 1.54) is 11.3 Å². The highest BCUT2D eigenvalue weighted by Crippen LogP contribution is 2.20. The van der Waals surface area contributed by atoms with Crippen molar-refractivity contribution in [3.05, 3.63) is 40.9 Å². The molecular formula is C16H18N2O4S. The average molecular weight is 334 g/mol. The van der Waals surface area contributed by atoms with Crippen molar-refractivity contribution >= 4 is 28.3 Å². The van der Waals surface area contributed by atoms with Crippen LogP contribution in [0.2, 0.25) is 0 Å². The Morgan fingerprint density at radius 2 is 2.09 bits per heavy atom. The molecule has 0 unspecified atom stereocenters. The van der Waals surface area contributed by atoms with Crippen molar-refractivity contribution in [1.82, 2.24) is 4.98 Å². The lowest BCUT2D eigenvalue weighted by Crippen LogP contribution is -2.13. The number of nitrogens with zero attached hydrogens (tertiary/aromatic N) is 1. The molecule has 1 aromatic heterocycles. The molecule has 0 aliphatic rings. The minimum Gasteiger partial charge on any atom is -0.496 e. The van der Waals surface area contributed by atoms with Gasteiger partial charge >= 0.3 is 5.97 Å². The smallest absolute Gasteiger partial charge is 0.357 e. The Balaban J connectivity index is 1.89. The molecule has 0 atom stereocenters. The molecule has 0 radical (unpaired) electrons. The fourth-order valence-electron chi connectivity index (χ4n) is 1.97. The number of carbonyl (C=O) groups is 2. The number of ether oxygens (including phenoxy) is 2. The third-order valence-electron chi connectivity index (χ3n) is 3.05. The molecule has 2 aromatic rings. The summed E-state index contributed by atoms with van der Waals surface area (Å²) in [5.74, 6) is 0.109. The van der Waals surface area contributed by atoms with Crippen LogP contribution >= 0.6 is 11.3 Å². The maximum absolute atomic E-state index is 12.0. The van der Waals surface area contributed by atoms with Gasteiger partial charge < -0.3 is 14.8 Å². The van der Waals surface area contributed by atoms with Gasteiger partial charge in [-0.15, -0.1) is 11.3 Å². The first-order valence-corrected chi connectivity index (χ1v) is 8.06. The van der Waals surface area contributed by atoms with Crippen molar-refractivity contribution in [2.45, 2.75) is 19.8 Å². The van der Waals surface area contributed by atoms with Gasteiger partial charge in [0.05, 0.1) is 13.7 Å². The van der Waals surface area contributed by atoms with Crippen LogP contribution in [0.1, 0.15) is 29.4 Å². The molecule has 0 saturated carbocycles. The van der Waals surface area contributed by atoms with Crippen LogP contribution < -0.4 is 10.1 Å². The Bertz CT molecular complexity index is 684. The highest BCUT2D eigenvalue weighted by atomic mass is 32.1. The van der Waals surface area contributed by atoms with Gasteiger partial charge in [0.25, 0.3) is 0 Å². The lowest BCUT2D eigenvalue weighted by molar-refractivity contribution is -0.116. The number of para-hydroxylation sites is 1. The van der Waals surface area contributed by atoms with E-state index in [-0.39, 0.29) is 18.2 Å². The molecule has 2 rings (SSSR count). The van der Waals surface area contributed by atoms with Crippen LogP contribution in [0.4, 0.5) is 5.13 Å². The summed E-state index contributed by atoms with van der Waals surface area (Å²) < 4.78 is 10.1. The number of hydrogen-bond donors (Lipinski definition) is 1. The second-order valence-electron chi connectivity index (χ2n) is 4.62. The van der Waals surface area contributed by atoms with E-state index in [9.17, 15) is 9.59 Å². The van der Waals surface area contributed by atoms with Crippen molar-refractivity contribution in [3.8, 4) is 5.75 Å². The fraction of sp³-hybridized carbons (Fsp3) is 0.312. The molecule has 7 heteroatoms. The molecule has 1 heterocycles. The fourth-order valence-corrected chi connectivity index (χ4v) is 2.67. The number of hydrogen-bond acceptors (Lipinski definition) is 6. The molecule has 6 nitrogen and oxygen atoms in total. The zero-order chi connectivity index (χ0) is 16.7. The van der Waals surface area contributed by atoms with E-state index in [0.29, 0.717) is 18.0 Å². The topological polar surface area (TPSA) is 77.5 Å². The highest BCUT2D eigenvalue weighted by molar-refractivity contribution is 7.14. The quantitative estimate of drug-likeness (QED) is 0.788. The lowest BCUT2D eigenvalue weighted by Gasteiger charge is -2.07. The van der Waals surface area contributed by atoms with Crippen molar-refractivity contribution in [2.75, 3.05) is 19.0 Å². The van der Waals surface area contributed by atoms with E-state index >= 15 is 0 Å². The van der Waals surface area contributed by atoms with E-state index < -0.39 is 5.97 Å². The predicted octanol–water partition coefficient (Wildman–Crippen LogP) is 2.90. The van der Waals surface area contributed by atoms with E-state index in [1.807, 2.05) is 24.3 Å². The number of benzene rings is 1. The summed E-state index contributed by atoms with van der Waals surface area (Å²) in [6.45, 7) is 2.02. The van der Waals surface area contributed by atoms with E-state index in [1.54, 1.807) is 19.4 Å². The number of carbonyl (C=O) groups excluding carboxylic acids is 2. The highest BCUT2D eigenvalue weighted by Gasteiger charge is 2.13. The number of thiazole rings is 1. The first-order valence-electron chi connectivity index (χ1n) is 7.18. The number of amides is 1. The van der Waals surface area contributed by atoms with E-state index in [2.05, 4.69) is 10.3 Å². The SMILES string of the molecule is CCOC(=O)c1csc(NC(=O)CCc2ccccc2OC)n1. The average Bonchev–Trinajstić information content (AvgIpc) is 3.02. The summed E-state index contributed by atoms with van der Waals surface area (Å²) in [7, 11) is 1.60. The zero-order valence-corrected chi connectivity index (χ0v) is 13.8. The number of aromatic nitrogens is 1. The normalized spacial score (nSPS) is 10.2. The molecule has 0 saturated heterocycles. The van der Waals surface area contributed by atoms with Gasteiger partial charge in [-0.2, -0.15) is 0 Å². The van der Waals surface area contributed by atoms with Crippen molar-refractivity contribution in [3.63, 3.8) is 0 Å². The third kappa shape index (κ3) is 4.79. The van der Waals surface area contributed by atoms with E-state index in [4.69, 9.17) is 9.47 Å². The molecule has 1 N–H and O–H groups in total.